The molecule has 1 nitrogen and oxygen atoms in total. The quantitative estimate of drug-likeness (QED) is 0.599. The highest BCUT2D eigenvalue weighted by Crippen LogP contribution is 2.59. The second kappa shape index (κ2) is 4.19. The summed E-state index contributed by atoms with van der Waals surface area (Å²) in [5.74, 6) is 1.46. The molecular weight excluding hydrogens is 251 g/mol. The number of allylic oxidation sites excluding steroid dienone is 2. The molecule has 1 saturated heterocycles. The van der Waals surface area contributed by atoms with Crippen molar-refractivity contribution in [2.75, 3.05) is 6.61 Å². The normalized spacial score (nSPS) is 57.0. The van der Waals surface area contributed by atoms with Crippen LogP contribution in [0.25, 0.3) is 0 Å². The van der Waals surface area contributed by atoms with Gasteiger partial charge in [0.2, 0.25) is 0 Å². The van der Waals surface area contributed by atoms with Crippen molar-refractivity contribution in [3.8, 4) is 0 Å². The Kier molecular flexibility index (Phi) is 2.74. The van der Waals surface area contributed by atoms with Gasteiger partial charge in [-0.25, -0.2) is 4.39 Å². The van der Waals surface area contributed by atoms with Crippen LogP contribution in [-0.2, 0) is 4.74 Å². The van der Waals surface area contributed by atoms with Crippen LogP contribution in [0.15, 0.2) is 24.3 Å². The zero-order valence-electron chi connectivity index (χ0n) is 12.5. The van der Waals surface area contributed by atoms with Crippen molar-refractivity contribution >= 4 is 0 Å². The van der Waals surface area contributed by atoms with Crippen LogP contribution in [0.3, 0.4) is 0 Å². The second-order valence-electron chi connectivity index (χ2n) is 7.80. The van der Waals surface area contributed by atoms with E-state index < -0.39 is 6.17 Å². The molecule has 0 bridgehead atoms. The van der Waals surface area contributed by atoms with Crippen LogP contribution < -0.4 is 0 Å². The van der Waals surface area contributed by atoms with Crippen molar-refractivity contribution in [2.24, 2.45) is 28.6 Å². The van der Waals surface area contributed by atoms with Gasteiger partial charge in [0.15, 0.2) is 0 Å². The molecule has 110 valence electrons. The zero-order valence-corrected chi connectivity index (χ0v) is 12.5. The summed E-state index contributed by atoms with van der Waals surface area (Å²) in [6.45, 7) is 5.05. The Bertz CT molecular complexity index is 470. The SMILES string of the molecule is C[C@]12C=CCCC1C=C[C@@H]1[C@H]2OC[C@]2(C)C(F)CC[C@@H]12. The summed E-state index contributed by atoms with van der Waals surface area (Å²) < 4.78 is 20.6. The summed E-state index contributed by atoms with van der Waals surface area (Å²) in [4.78, 5) is 0. The van der Waals surface area contributed by atoms with Crippen LogP contribution in [0, 0.1) is 28.6 Å². The molecule has 4 rings (SSSR count). The maximum atomic E-state index is 14.3. The molecule has 7 atom stereocenters. The number of hydrogen-bond donors (Lipinski definition) is 0. The van der Waals surface area contributed by atoms with Gasteiger partial charge in [0.05, 0.1) is 12.7 Å². The van der Waals surface area contributed by atoms with Crippen molar-refractivity contribution in [3.05, 3.63) is 24.3 Å². The van der Waals surface area contributed by atoms with E-state index in [4.69, 9.17) is 4.74 Å². The van der Waals surface area contributed by atoms with Crippen LogP contribution in [-0.4, -0.2) is 18.9 Å². The van der Waals surface area contributed by atoms with E-state index in [1.807, 2.05) is 0 Å². The number of fused-ring (bicyclic) bond motifs is 5. The van der Waals surface area contributed by atoms with Crippen molar-refractivity contribution in [1.82, 2.24) is 0 Å². The summed E-state index contributed by atoms with van der Waals surface area (Å²) in [5.41, 5.74) is -0.138. The van der Waals surface area contributed by atoms with Crippen molar-refractivity contribution in [1.29, 1.82) is 0 Å². The van der Waals surface area contributed by atoms with E-state index in [2.05, 4.69) is 38.2 Å². The first-order valence-electron chi connectivity index (χ1n) is 8.17. The van der Waals surface area contributed by atoms with Crippen LogP contribution >= 0.6 is 0 Å². The van der Waals surface area contributed by atoms with E-state index in [1.54, 1.807) is 0 Å². The molecular formula is C18H25FO. The Morgan fingerprint density at radius 2 is 2.00 bits per heavy atom. The smallest absolute Gasteiger partial charge is 0.108 e. The number of hydrogen-bond acceptors (Lipinski definition) is 1. The third-order valence-electron chi connectivity index (χ3n) is 6.78. The Morgan fingerprint density at radius 3 is 2.85 bits per heavy atom. The third kappa shape index (κ3) is 1.52. The first-order chi connectivity index (χ1) is 9.56. The average molecular weight is 276 g/mol. The lowest BCUT2D eigenvalue weighted by Gasteiger charge is -2.55. The Labute approximate surface area is 121 Å². The maximum Gasteiger partial charge on any atom is 0.108 e. The van der Waals surface area contributed by atoms with E-state index in [1.165, 1.54) is 12.8 Å². The van der Waals surface area contributed by atoms with Crippen LogP contribution in [0.5, 0.6) is 0 Å². The van der Waals surface area contributed by atoms with Gasteiger partial charge >= 0.3 is 0 Å². The monoisotopic (exact) mass is 276 g/mol. The first-order valence-corrected chi connectivity index (χ1v) is 8.17. The van der Waals surface area contributed by atoms with Gasteiger partial charge in [0.1, 0.15) is 6.17 Å². The molecule has 0 spiro atoms. The second-order valence-corrected chi connectivity index (χ2v) is 7.80. The lowest BCUT2D eigenvalue weighted by molar-refractivity contribution is -0.169. The molecule has 2 heteroatoms. The summed E-state index contributed by atoms with van der Waals surface area (Å²) in [6, 6.07) is 0. The molecule has 0 aromatic heterocycles. The third-order valence-corrected chi connectivity index (χ3v) is 6.78. The fraction of sp³-hybridized carbons (Fsp3) is 0.778. The molecule has 0 N–H and O–H groups in total. The van der Waals surface area contributed by atoms with E-state index in [-0.39, 0.29) is 16.9 Å². The largest absolute Gasteiger partial charge is 0.376 e. The number of halogens is 1. The average Bonchev–Trinajstić information content (AvgIpc) is 2.74. The summed E-state index contributed by atoms with van der Waals surface area (Å²) in [5, 5.41) is 0. The topological polar surface area (TPSA) is 9.23 Å². The fourth-order valence-corrected chi connectivity index (χ4v) is 5.39. The van der Waals surface area contributed by atoms with E-state index in [0.717, 1.165) is 12.8 Å². The highest BCUT2D eigenvalue weighted by atomic mass is 19.1. The highest BCUT2D eigenvalue weighted by Gasteiger charge is 2.59. The van der Waals surface area contributed by atoms with Gasteiger partial charge in [0, 0.05) is 16.7 Å². The van der Waals surface area contributed by atoms with E-state index in [9.17, 15) is 4.39 Å². The molecule has 2 fully saturated rings. The highest BCUT2D eigenvalue weighted by molar-refractivity contribution is 5.23. The van der Waals surface area contributed by atoms with E-state index >= 15 is 0 Å². The minimum atomic E-state index is -0.686. The zero-order chi connectivity index (χ0) is 14.0. The van der Waals surface area contributed by atoms with Gasteiger partial charge in [-0.05, 0) is 37.5 Å². The van der Waals surface area contributed by atoms with Gasteiger partial charge in [-0.3, -0.25) is 0 Å². The summed E-state index contributed by atoms with van der Waals surface area (Å²) in [7, 11) is 0. The number of ether oxygens (including phenoxy) is 1. The Morgan fingerprint density at radius 1 is 1.15 bits per heavy atom. The molecule has 1 saturated carbocycles. The molecule has 0 radical (unpaired) electrons. The molecule has 4 aliphatic rings. The van der Waals surface area contributed by atoms with Crippen molar-refractivity contribution in [2.45, 2.75) is 51.8 Å². The lowest BCUT2D eigenvalue weighted by Crippen LogP contribution is -2.56. The molecule has 20 heavy (non-hydrogen) atoms. The van der Waals surface area contributed by atoms with Crippen LogP contribution in [0.2, 0.25) is 0 Å². The molecule has 3 aliphatic carbocycles. The number of rotatable bonds is 0. The first kappa shape index (κ1) is 13.1. The van der Waals surface area contributed by atoms with Crippen molar-refractivity contribution in [3.63, 3.8) is 0 Å². The molecule has 2 unspecified atom stereocenters. The molecule has 0 aromatic rings. The summed E-state index contributed by atoms with van der Waals surface area (Å²) >= 11 is 0. The Hall–Kier alpha value is -0.630. The molecule has 1 heterocycles. The predicted molar refractivity (Wildman–Crippen MR) is 78.1 cm³/mol. The number of alkyl halides is 1. The molecule has 0 aromatic carbocycles. The van der Waals surface area contributed by atoms with Crippen LogP contribution in [0.1, 0.15) is 39.5 Å². The molecule has 1 aliphatic heterocycles. The fourth-order valence-electron chi connectivity index (χ4n) is 5.39. The van der Waals surface area contributed by atoms with Gasteiger partial charge in [-0.2, -0.15) is 0 Å². The van der Waals surface area contributed by atoms with Gasteiger partial charge < -0.3 is 4.74 Å². The van der Waals surface area contributed by atoms with Gasteiger partial charge in [0.25, 0.3) is 0 Å². The van der Waals surface area contributed by atoms with Crippen molar-refractivity contribution < 1.29 is 9.13 Å². The standard InChI is InChI=1S/C18H25FO/c1-17-10-4-3-5-12(17)6-7-13-14-8-9-15(19)18(14,2)11-20-16(13)17/h4,6-7,10,12-16H,3,5,8-9,11H2,1-2H3/t12?,13-,14-,15?,16+,17-,18-/m0/s1. The maximum absolute atomic E-state index is 14.3. The van der Waals surface area contributed by atoms with Crippen LogP contribution in [0.4, 0.5) is 4.39 Å². The predicted octanol–water partition coefficient (Wildman–Crippen LogP) is 4.30. The minimum absolute atomic E-state index is 0.118. The van der Waals surface area contributed by atoms with Gasteiger partial charge in [-0.15, -0.1) is 0 Å². The lowest BCUT2D eigenvalue weighted by atomic mass is 9.56. The Balaban J connectivity index is 1.73. The van der Waals surface area contributed by atoms with Gasteiger partial charge in [-0.1, -0.05) is 38.2 Å². The summed E-state index contributed by atoms with van der Waals surface area (Å²) in [6.07, 6.45) is 13.2. The molecule has 0 amide bonds. The van der Waals surface area contributed by atoms with E-state index in [0.29, 0.717) is 24.4 Å². The minimum Gasteiger partial charge on any atom is -0.376 e.